The molecule has 3 fully saturated rings. The van der Waals surface area contributed by atoms with Gasteiger partial charge in [0.05, 0.1) is 22.6 Å². The molecule has 3 atom stereocenters. The summed E-state index contributed by atoms with van der Waals surface area (Å²) in [6, 6.07) is 20.2. The monoisotopic (exact) mass is 626 g/mol. The maximum Gasteiger partial charge on any atom is 0.243 e. The Bertz CT molecular complexity index is 1650. The summed E-state index contributed by atoms with van der Waals surface area (Å²) in [6.45, 7) is 8.44. The Morgan fingerprint density at radius 1 is 1.07 bits per heavy atom. The quantitative estimate of drug-likeness (QED) is 0.334. The molecule has 1 N–H and O–H groups in total. The third-order valence-electron chi connectivity index (χ3n) is 10.3. The third kappa shape index (κ3) is 6.03. The van der Waals surface area contributed by atoms with E-state index in [1.54, 1.807) is 19.2 Å². The van der Waals surface area contributed by atoms with Crippen molar-refractivity contribution in [1.29, 1.82) is 5.26 Å². The number of aryl methyl sites for hydroxylation is 1. The number of nitriles is 1. The molecular formula is C35H42N6O3S. The van der Waals surface area contributed by atoms with E-state index in [1.807, 2.05) is 30.3 Å². The van der Waals surface area contributed by atoms with E-state index in [9.17, 15) is 18.5 Å². The Hall–Kier alpha value is -3.94. The van der Waals surface area contributed by atoms with Crippen LogP contribution >= 0.6 is 0 Å². The average Bonchev–Trinajstić information content (AvgIpc) is 3.70. The number of carbonyl (C=O) groups excluding carboxylic acids is 1. The summed E-state index contributed by atoms with van der Waals surface area (Å²) >= 11 is 0. The van der Waals surface area contributed by atoms with Crippen LogP contribution in [0.5, 0.6) is 0 Å². The molecule has 2 unspecified atom stereocenters. The molecule has 1 saturated carbocycles. The Morgan fingerprint density at radius 3 is 2.40 bits per heavy atom. The van der Waals surface area contributed by atoms with Gasteiger partial charge in [0.2, 0.25) is 15.7 Å². The molecule has 3 aliphatic rings. The topological polar surface area (TPSA) is 111 Å². The molecule has 2 aliphatic heterocycles. The van der Waals surface area contributed by atoms with Gasteiger partial charge in [-0.25, -0.2) is 8.42 Å². The van der Waals surface area contributed by atoms with Crippen molar-refractivity contribution in [2.45, 2.75) is 53.4 Å². The maximum absolute atomic E-state index is 12.9. The number of hydrogen-bond acceptors (Lipinski definition) is 7. The first-order chi connectivity index (χ1) is 21.7. The van der Waals surface area contributed by atoms with Gasteiger partial charge in [0.15, 0.2) is 0 Å². The number of nitrogens with zero attached hydrogens (tertiary/aromatic N) is 5. The molecule has 2 aromatic carbocycles. The van der Waals surface area contributed by atoms with Crippen LogP contribution in [0.15, 0.2) is 89.4 Å². The highest BCUT2D eigenvalue weighted by Crippen LogP contribution is 2.50. The van der Waals surface area contributed by atoms with Crippen LogP contribution in [0.4, 0.5) is 5.69 Å². The van der Waals surface area contributed by atoms with E-state index in [4.69, 9.17) is 0 Å². The molecule has 0 radical (unpaired) electrons. The minimum Gasteiger partial charge on any atom is -0.371 e. The maximum atomic E-state index is 12.9. The zero-order valence-electron chi connectivity index (χ0n) is 25.9. The van der Waals surface area contributed by atoms with E-state index in [1.165, 1.54) is 23.2 Å². The van der Waals surface area contributed by atoms with Gasteiger partial charge in [-0.3, -0.25) is 9.48 Å². The second-order valence-electron chi connectivity index (χ2n) is 12.9. The molecule has 1 aromatic heterocycles. The molecule has 2 saturated heterocycles. The lowest BCUT2D eigenvalue weighted by atomic mass is 9.59. The van der Waals surface area contributed by atoms with Gasteiger partial charge in [0, 0.05) is 56.4 Å². The number of benzene rings is 2. The number of sulfone groups is 1. The van der Waals surface area contributed by atoms with Gasteiger partial charge >= 0.3 is 0 Å². The summed E-state index contributed by atoms with van der Waals surface area (Å²) in [6.07, 6.45) is 8.94. The molecule has 3 heterocycles. The smallest absolute Gasteiger partial charge is 0.243 e. The van der Waals surface area contributed by atoms with Gasteiger partial charge in [-0.15, -0.1) is 0 Å². The first-order valence-electron chi connectivity index (χ1n) is 16.0. The number of anilines is 1. The molecule has 9 nitrogen and oxygen atoms in total. The molecule has 0 bridgehead atoms. The number of piperidine rings is 1. The van der Waals surface area contributed by atoms with Gasteiger partial charge in [0.25, 0.3) is 0 Å². The van der Waals surface area contributed by atoms with E-state index in [-0.39, 0.29) is 33.6 Å². The number of amides is 1. The molecule has 1 amide bonds. The highest BCUT2D eigenvalue weighted by molar-refractivity contribution is 7.91. The lowest BCUT2D eigenvalue weighted by Crippen LogP contribution is -2.55. The Kier molecular flexibility index (Phi) is 8.85. The number of rotatable bonds is 10. The minimum atomic E-state index is -3.58. The van der Waals surface area contributed by atoms with Crippen LogP contribution in [0, 0.1) is 29.1 Å². The molecule has 6 rings (SSSR count). The summed E-state index contributed by atoms with van der Waals surface area (Å²) < 4.78 is 27.3. The van der Waals surface area contributed by atoms with Gasteiger partial charge in [0.1, 0.15) is 4.90 Å². The highest BCUT2D eigenvalue weighted by Gasteiger charge is 2.52. The van der Waals surface area contributed by atoms with Crippen molar-refractivity contribution in [2.75, 3.05) is 37.6 Å². The van der Waals surface area contributed by atoms with Gasteiger partial charge in [-0.05, 0) is 80.6 Å². The largest absolute Gasteiger partial charge is 0.371 e. The molecule has 0 spiro atoms. The van der Waals surface area contributed by atoms with Crippen LogP contribution in [-0.2, 0) is 27.1 Å². The number of likely N-dealkylation sites (tertiary alicyclic amines) is 1. The van der Waals surface area contributed by atoms with Crippen molar-refractivity contribution < 1.29 is 13.2 Å². The minimum absolute atomic E-state index is 0.0288. The summed E-state index contributed by atoms with van der Waals surface area (Å²) in [5.74, 6) is 0.661. The van der Waals surface area contributed by atoms with Crippen LogP contribution in [0.2, 0.25) is 0 Å². The normalized spacial score (nSPS) is 22.7. The van der Waals surface area contributed by atoms with Crippen LogP contribution in [0.25, 0.3) is 0 Å². The third-order valence-corrected chi connectivity index (χ3v) is 12.0. The van der Waals surface area contributed by atoms with Crippen molar-refractivity contribution in [3.63, 3.8) is 0 Å². The first kappa shape index (κ1) is 31.1. The van der Waals surface area contributed by atoms with Gasteiger partial charge in [-0.2, -0.15) is 10.4 Å². The van der Waals surface area contributed by atoms with Crippen LogP contribution in [0.1, 0.15) is 37.7 Å². The van der Waals surface area contributed by atoms with E-state index in [2.05, 4.69) is 45.0 Å². The molecule has 3 aromatic rings. The molecule has 1 aliphatic carbocycles. The van der Waals surface area contributed by atoms with Crippen LogP contribution < -0.4 is 10.2 Å². The Morgan fingerprint density at radius 2 is 1.78 bits per heavy atom. The number of aromatic nitrogens is 2. The second-order valence-corrected chi connectivity index (χ2v) is 14.8. The lowest BCUT2D eigenvalue weighted by molar-refractivity contribution is -0.117. The molecule has 45 heavy (non-hydrogen) atoms. The van der Waals surface area contributed by atoms with Crippen molar-refractivity contribution in [3.8, 4) is 6.07 Å². The predicted molar refractivity (Wildman–Crippen MR) is 173 cm³/mol. The average molecular weight is 627 g/mol. The van der Waals surface area contributed by atoms with Crippen molar-refractivity contribution in [3.05, 3.63) is 85.2 Å². The van der Waals surface area contributed by atoms with Crippen LogP contribution in [0.3, 0.4) is 0 Å². The van der Waals surface area contributed by atoms with E-state index < -0.39 is 15.3 Å². The zero-order valence-corrected chi connectivity index (χ0v) is 26.7. The summed E-state index contributed by atoms with van der Waals surface area (Å²) in [7, 11) is -1.88. The van der Waals surface area contributed by atoms with Crippen molar-refractivity contribution in [2.24, 2.45) is 24.8 Å². The van der Waals surface area contributed by atoms with E-state index in [0.717, 1.165) is 76.1 Å². The number of nitrogens with one attached hydrogen (secondary N) is 1. The summed E-state index contributed by atoms with van der Waals surface area (Å²) in [5.41, 5.74) is 1.46. The van der Waals surface area contributed by atoms with E-state index >= 15 is 0 Å². The highest BCUT2D eigenvalue weighted by atomic mass is 32.2. The fraction of sp³-hybridized carbons (Fsp3) is 0.457. The van der Waals surface area contributed by atoms with Crippen molar-refractivity contribution >= 4 is 21.4 Å². The SMILES string of the molecule is C=CC(=O)NC1CCC[C@@H]1C(C#N)(c1ccccc1)C1CCN(CC2CN(c3ccc(S(=O)(=O)c4cnn(C)c4)cc3)C2)CC1. The standard InChI is InChI=1S/C35H42N6O3S/c1-3-34(42)38-33-11-7-10-32(33)35(25-36,27-8-5-4-6-9-27)28-16-18-40(19-17-28)21-26-22-41(23-26)29-12-14-30(15-13-29)45(43,44)31-20-37-39(2)24-31/h3-6,8-9,12-15,20,24,26,28,32-33H,1,7,10-11,16-19,21-23H2,2H3,(H,38,42)/t32-,33?,35?/m0/s1. The Balaban J connectivity index is 1.07. The molecule has 10 heteroatoms. The Labute approximate surface area is 266 Å². The van der Waals surface area contributed by atoms with E-state index in [0.29, 0.717) is 5.92 Å². The molecule has 236 valence electrons. The van der Waals surface area contributed by atoms with Gasteiger partial charge < -0.3 is 15.1 Å². The number of carbonyl (C=O) groups is 1. The zero-order chi connectivity index (χ0) is 31.6. The molecular weight excluding hydrogens is 584 g/mol. The second kappa shape index (κ2) is 12.8. The number of hydrogen-bond donors (Lipinski definition) is 1. The van der Waals surface area contributed by atoms with Crippen molar-refractivity contribution in [1.82, 2.24) is 20.0 Å². The fourth-order valence-electron chi connectivity index (χ4n) is 7.97. The predicted octanol–water partition coefficient (Wildman–Crippen LogP) is 4.33. The first-order valence-corrected chi connectivity index (χ1v) is 17.4. The van der Waals surface area contributed by atoms with Gasteiger partial charge in [-0.1, -0.05) is 43.3 Å². The summed E-state index contributed by atoms with van der Waals surface area (Å²) in [4.78, 5) is 17.6. The van der Waals surface area contributed by atoms with Crippen LogP contribution in [-0.4, -0.2) is 67.8 Å². The fourth-order valence-corrected chi connectivity index (χ4v) is 9.21. The lowest BCUT2D eigenvalue weighted by Gasteiger charge is -2.48. The summed E-state index contributed by atoms with van der Waals surface area (Å²) in [5, 5.41) is 18.1.